The lowest BCUT2D eigenvalue weighted by Crippen LogP contribution is -2.01. The minimum absolute atomic E-state index is 0.687. The van der Waals surface area contributed by atoms with Crippen molar-refractivity contribution in [3.8, 4) is 22.5 Å². The van der Waals surface area contributed by atoms with Gasteiger partial charge in [0, 0.05) is 20.9 Å². The van der Waals surface area contributed by atoms with Gasteiger partial charge in [-0.25, -0.2) is 9.97 Å². The largest absolute Gasteiger partial charge is 0.375 e. The molecule has 140 valence electrons. The molecule has 2 aliphatic carbocycles. The van der Waals surface area contributed by atoms with E-state index in [0.29, 0.717) is 10.3 Å². The minimum atomic E-state index is 0.687. The average Bonchev–Trinajstić information content (AvgIpc) is 3.30. The van der Waals surface area contributed by atoms with Gasteiger partial charge in [0.15, 0.2) is 10.3 Å². The predicted octanol–water partition coefficient (Wildman–Crippen LogP) is 4.98. The molecule has 0 radical (unpaired) electrons. The van der Waals surface area contributed by atoms with Crippen molar-refractivity contribution in [3.63, 3.8) is 0 Å². The molecule has 0 unspecified atom stereocenters. The van der Waals surface area contributed by atoms with Crippen LogP contribution >= 0.6 is 22.7 Å². The summed E-state index contributed by atoms with van der Waals surface area (Å²) in [7, 11) is 0. The molecule has 0 saturated heterocycles. The zero-order valence-corrected chi connectivity index (χ0v) is 16.9. The number of rotatable bonds is 0. The molecule has 0 aliphatic heterocycles. The molecular weight excluding hydrogens is 384 g/mol. The van der Waals surface area contributed by atoms with E-state index in [0.717, 1.165) is 37.1 Å². The van der Waals surface area contributed by atoms with Crippen molar-refractivity contribution in [3.05, 3.63) is 69.4 Å². The first kappa shape index (κ1) is 17.4. The Hall–Kier alpha value is -2.70. The molecule has 0 bridgehead atoms. The van der Waals surface area contributed by atoms with Gasteiger partial charge in [-0.1, -0.05) is 48.5 Å². The quantitative estimate of drug-likeness (QED) is 0.433. The zero-order valence-electron chi connectivity index (χ0n) is 15.3. The van der Waals surface area contributed by atoms with Crippen LogP contribution in [0.5, 0.6) is 0 Å². The van der Waals surface area contributed by atoms with Crippen LogP contribution in [0.2, 0.25) is 0 Å². The lowest BCUT2D eigenvalue weighted by Gasteiger charge is -2.13. The topological polar surface area (TPSA) is 77.8 Å². The molecule has 6 heteroatoms. The van der Waals surface area contributed by atoms with Crippen molar-refractivity contribution < 1.29 is 0 Å². The zero-order chi connectivity index (χ0) is 19.1. The number of benzene rings is 2. The fourth-order valence-corrected chi connectivity index (χ4v) is 5.63. The summed E-state index contributed by atoms with van der Waals surface area (Å²) in [6.07, 6.45) is 4.40. The average molecular weight is 405 g/mol. The van der Waals surface area contributed by atoms with Gasteiger partial charge in [-0.15, -0.1) is 22.7 Å². The molecule has 0 saturated carbocycles. The van der Waals surface area contributed by atoms with Gasteiger partial charge < -0.3 is 11.5 Å². The van der Waals surface area contributed by atoms with Crippen LogP contribution in [0.25, 0.3) is 22.5 Å². The molecule has 0 amide bonds. The maximum Gasteiger partial charge on any atom is 0.180 e. The SMILES string of the molecule is Nc1nc2c(s1)CCc1ccccc1-2.Nc1nc2c(s1)CCc1ccccc1-2. The Morgan fingerprint density at radius 2 is 1.04 bits per heavy atom. The fraction of sp³-hybridized carbons (Fsp3) is 0.182. The Balaban J connectivity index is 0.000000122. The Morgan fingerprint density at radius 3 is 1.50 bits per heavy atom. The van der Waals surface area contributed by atoms with E-state index in [1.54, 1.807) is 22.7 Å². The number of anilines is 2. The molecule has 0 fully saturated rings. The van der Waals surface area contributed by atoms with Gasteiger partial charge in [0.05, 0.1) is 11.4 Å². The molecule has 4 aromatic rings. The second-order valence-corrected chi connectivity index (χ2v) is 9.19. The highest BCUT2D eigenvalue weighted by atomic mass is 32.1. The smallest absolute Gasteiger partial charge is 0.180 e. The van der Waals surface area contributed by atoms with Gasteiger partial charge >= 0.3 is 0 Å². The van der Waals surface area contributed by atoms with Crippen molar-refractivity contribution in [1.29, 1.82) is 0 Å². The maximum atomic E-state index is 5.72. The molecule has 4 N–H and O–H groups in total. The van der Waals surface area contributed by atoms with Gasteiger partial charge in [-0.05, 0) is 36.8 Å². The third-order valence-electron chi connectivity index (χ3n) is 5.22. The third kappa shape index (κ3) is 3.08. The third-order valence-corrected chi connectivity index (χ3v) is 7.10. The Kier molecular flexibility index (Phi) is 4.37. The minimum Gasteiger partial charge on any atom is -0.375 e. The van der Waals surface area contributed by atoms with E-state index in [2.05, 4.69) is 58.5 Å². The monoisotopic (exact) mass is 404 g/mol. The van der Waals surface area contributed by atoms with E-state index >= 15 is 0 Å². The summed E-state index contributed by atoms with van der Waals surface area (Å²) in [6.45, 7) is 0. The fourth-order valence-electron chi connectivity index (χ4n) is 3.93. The first-order valence-corrected chi connectivity index (χ1v) is 11.0. The maximum absolute atomic E-state index is 5.72. The Morgan fingerprint density at radius 1 is 0.607 bits per heavy atom. The highest BCUT2D eigenvalue weighted by Gasteiger charge is 2.20. The van der Waals surface area contributed by atoms with Crippen LogP contribution in [-0.2, 0) is 25.7 Å². The second kappa shape index (κ2) is 7.04. The molecule has 2 aliphatic rings. The van der Waals surface area contributed by atoms with Crippen molar-refractivity contribution in [2.45, 2.75) is 25.7 Å². The van der Waals surface area contributed by atoms with E-state index < -0.39 is 0 Å². The molecule has 2 aromatic carbocycles. The summed E-state index contributed by atoms with van der Waals surface area (Å²) in [5, 5.41) is 1.37. The van der Waals surface area contributed by atoms with Crippen LogP contribution in [-0.4, -0.2) is 9.97 Å². The summed E-state index contributed by atoms with van der Waals surface area (Å²) in [5.74, 6) is 0. The summed E-state index contributed by atoms with van der Waals surface area (Å²) in [6, 6.07) is 16.9. The summed E-state index contributed by atoms with van der Waals surface area (Å²) in [4.78, 5) is 11.4. The molecule has 2 aromatic heterocycles. The van der Waals surface area contributed by atoms with Crippen LogP contribution < -0.4 is 11.5 Å². The Labute approximate surface area is 171 Å². The number of aryl methyl sites for hydroxylation is 4. The number of nitrogen functional groups attached to an aromatic ring is 2. The number of hydrogen-bond acceptors (Lipinski definition) is 6. The summed E-state index contributed by atoms with van der Waals surface area (Å²) in [5.41, 5.74) is 19.0. The van der Waals surface area contributed by atoms with Gasteiger partial charge in [0.2, 0.25) is 0 Å². The van der Waals surface area contributed by atoms with Crippen molar-refractivity contribution in [1.82, 2.24) is 9.97 Å². The number of nitrogens with two attached hydrogens (primary N) is 2. The Bertz CT molecular complexity index is 1070. The van der Waals surface area contributed by atoms with Gasteiger partial charge in [0.1, 0.15) is 0 Å². The molecule has 28 heavy (non-hydrogen) atoms. The number of hydrogen-bond donors (Lipinski definition) is 2. The van der Waals surface area contributed by atoms with Crippen molar-refractivity contribution in [2.75, 3.05) is 11.5 Å². The number of aromatic nitrogens is 2. The molecule has 6 rings (SSSR count). The number of thiazole rings is 2. The van der Waals surface area contributed by atoms with E-state index in [9.17, 15) is 0 Å². The van der Waals surface area contributed by atoms with E-state index in [1.165, 1.54) is 32.0 Å². The highest BCUT2D eigenvalue weighted by Crippen LogP contribution is 2.37. The number of fused-ring (bicyclic) bond motifs is 6. The van der Waals surface area contributed by atoms with Crippen LogP contribution in [0.4, 0.5) is 10.3 Å². The molecular formula is C22H20N4S2. The standard InChI is InChI=1S/2C11H10N2S/c2*12-11-13-10-8-4-2-1-3-7(8)5-6-9(10)14-11/h2*1-4H,5-6H2,(H2,12,13). The predicted molar refractivity (Wildman–Crippen MR) is 119 cm³/mol. The molecule has 4 nitrogen and oxygen atoms in total. The van der Waals surface area contributed by atoms with Crippen LogP contribution in [0.1, 0.15) is 20.9 Å². The van der Waals surface area contributed by atoms with E-state index in [4.69, 9.17) is 11.5 Å². The highest BCUT2D eigenvalue weighted by molar-refractivity contribution is 7.16. The van der Waals surface area contributed by atoms with Crippen molar-refractivity contribution in [2.24, 2.45) is 0 Å². The van der Waals surface area contributed by atoms with Crippen LogP contribution in [0, 0.1) is 0 Å². The van der Waals surface area contributed by atoms with Crippen LogP contribution in [0.15, 0.2) is 48.5 Å². The molecule has 0 spiro atoms. The van der Waals surface area contributed by atoms with E-state index in [-0.39, 0.29) is 0 Å². The lowest BCUT2D eigenvalue weighted by atomic mass is 9.94. The first-order valence-electron chi connectivity index (χ1n) is 9.36. The molecule has 2 heterocycles. The van der Waals surface area contributed by atoms with Crippen LogP contribution in [0.3, 0.4) is 0 Å². The molecule has 0 atom stereocenters. The first-order chi connectivity index (χ1) is 13.7. The van der Waals surface area contributed by atoms with E-state index in [1.807, 2.05) is 0 Å². The van der Waals surface area contributed by atoms with Crippen molar-refractivity contribution >= 4 is 32.9 Å². The summed E-state index contributed by atoms with van der Waals surface area (Å²) < 4.78 is 0. The number of nitrogens with zero attached hydrogens (tertiary/aromatic N) is 2. The lowest BCUT2D eigenvalue weighted by molar-refractivity contribution is 0.955. The van der Waals surface area contributed by atoms with Gasteiger partial charge in [0.25, 0.3) is 0 Å². The normalized spacial score (nSPS) is 13.4. The second-order valence-electron chi connectivity index (χ2n) is 6.96. The van der Waals surface area contributed by atoms with Gasteiger partial charge in [-0.3, -0.25) is 0 Å². The summed E-state index contributed by atoms with van der Waals surface area (Å²) >= 11 is 3.24. The van der Waals surface area contributed by atoms with Gasteiger partial charge in [-0.2, -0.15) is 0 Å².